The van der Waals surface area contributed by atoms with Crippen molar-refractivity contribution >= 4 is 0 Å². The van der Waals surface area contributed by atoms with Crippen LogP contribution in [0.15, 0.2) is 65.9 Å². The van der Waals surface area contributed by atoms with Crippen LogP contribution < -0.4 is 0 Å². The predicted molar refractivity (Wildman–Crippen MR) is 86.3 cm³/mol. The number of nitrogens with zero attached hydrogens (tertiary/aromatic N) is 2. The molecule has 0 radical (unpaired) electrons. The SMILES string of the molecule is O=NN1CCC[C@@H](O)[C@@H]1C(c1ccccc1)c1ccccc1. The van der Waals surface area contributed by atoms with Crippen molar-refractivity contribution in [2.24, 2.45) is 5.29 Å². The number of nitroso groups, excluding NO2 is 1. The highest BCUT2D eigenvalue weighted by molar-refractivity contribution is 5.35. The van der Waals surface area contributed by atoms with E-state index >= 15 is 0 Å². The molecule has 3 rings (SSSR count). The van der Waals surface area contributed by atoms with E-state index in [2.05, 4.69) is 5.29 Å². The van der Waals surface area contributed by atoms with E-state index in [0.29, 0.717) is 13.0 Å². The molecule has 0 aliphatic carbocycles. The van der Waals surface area contributed by atoms with Gasteiger partial charge in [-0.2, -0.15) is 0 Å². The van der Waals surface area contributed by atoms with E-state index in [1.54, 1.807) is 0 Å². The summed E-state index contributed by atoms with van der Waals surface area (Å²) in [6, 6.07) is 19.7. The first-order chi connectivity index (χ1) is 10.8. The van der Waals surface area contributed by atoms with Gasteiger partial charge in [-0.1, -0.05) is 60.7 Å². The molecule has 22 heavy (non-hydrogen) atoms. The fraction of sp³-hybridized carbons (Fsp3) is 0.333. The van der Waals surface area contributed by atoms with E-state index in [1.807, 2.05) is 60.7 Å². The molecule has 4 nitrogen and oxygen atoms in total. The standard InChI is InChI=1S/C18H20N2O2/c21-16-12-7-13-20(19-22)18(16)17(14-8-3-1-4-9-14)15-10-5-2-6-11-15/h1-6,8-11,16-18,21H,7,12-13H2/t16-,18-/m1/s1. The lowest BCUT2D eigenvalue weighted by molar-refractivity contribution is 0.00326. The summed E-state index contributed by atoms with van der Waals surface area (Å²) in [4.78, 5) is 11.2. The molecule has 0 amide bonds. The summed E-state index contributed by atoms with van der Waals surface area (Å²) in [7, 11) is 0. The molecule has 1 heterocycles. The Labute approximate surface area is 130 Å². The molecule has 1 N–H and O–H groups in total. The minimum atomic E-state index is -0.558. The van der Waals surface area contributed by atoms with Crippen molar-refractivity contribution in [3.05, 3.63) is 76.7 Å². The van der Waals surface area contributed by atoms with Crippen molar-refractivity contribution in [2.75, 3.05) is 6.54 Å². The molecule has 2 aromatic rings. The Morgan fingerprint density at radius 1 is 1.00 bits per heavy atom. The molecule has 1 aliphatic heterocycles. The Hall–Kier alpha value is -2.20. The van der Waals surface area contributed by atoms with Crippen LogP contribution in [0.3, 0.4) is 0 Å². The minimum Gasteiger partial charge on any atom is -0.391 e. The normalized spacial score (nSPS) is 21.8. The monoisotopic (exact) mass is 296 g/mol. The largest absolute Gasteiger partial charge is 0.391 e. The Morgan fingerprint density at radius 2 is 1.55 bits per heavy atom. The van der Waals surface area contributed by atoms with Gasteiger partial charge in [0.1, 0.15) is 0 Å². The highest BCUT2D eigenvalue weighted by Crippen LogP contribution is 2.36. The smallest absolute Gasteiger partial charge is 0.0870 e. The first kappa shape index (κ1) is 14.7. The van der Waals surface area contributed by atoms with E-state index in [1.165, 1.54) is 5.01 Å². The first-order valence-corrected chi connectivity index (χ1v) is 7.69. The van der Waals surface area contributed by atoms with Gasteiger partial charge in [-0.05, 0) is 24.0 Å². The number of piperidine rings is 1. The van der Waals surface area contributed by atoms with Crippen LogP contribution in [-0.2, 0) is 0 Å². The Kier molecular flexibility index (Phi) is 4.49. The van der Waals surface area contributed by atoms with Gasteiger partial charge in [-0.25, -0.2) is 0 Å². The summed E-state index contributed by atoms with van der Waals surface area (Å²) in [5, 5.41) is 15.2. The third-order valence-electron chi connectivity index (χ3n) is 4.39. The number of hydrogen-bond donors (Lipinski definition) is 1. The Morgan fingerprint density at radius 3 is 2.05 bits per heavy atom. The molecule has 114 valence electrons. The third-order valence-corrected chi connectivity index (χ3v) is 4.39. The Bertz CT molecular complexity index is 563. The van der Waals surface area contributed by atoms with E-state index in [4.69, 9.17) is 0 Å². The van der Waals surface area contributed by atoms with Crippen molar-refractivity contribution < 1.29 is 5.11 Å². The maximum absolute atomic E-state index is 11.2. The van der Waals surface area contributed by atoms with Gasteiger partial charge in [-0.15, -0.1) is 4.91 Å². The number of rotatable bonds is 4. The fourth-order valence-corrected chi connectivity index (χ4v) is 3.38. The highest BCUT2D eigenvalue weighted by Gasteiger charge is 2.38. The highest BCUT2D eigenvalue weighted by atomic mass is 16.3. The molecule has 1 aliphatic rings. The molecule has 1 saturated heterocycles. The van der Waals surface area contributed by atoms with Gasteiger partial charge >= 0.3 is 0 Å². The molecule has 0 unspecified atom stereocenters. The second-order valence-corrected chi connectivity index (χ2v) is 5.74. The second kappa shape index (κ2) is 6.71. The van der Waals surface area contributed by atoms with Gasteiger partial charge in [0, 0.05) is 12.5 Å². The topological polar surface area (TPSA) is 52.9 Å². The molecule has 2 atom stereocenters. The quantitative estimate of drug-likeness (QED) is 0.881. The van der Waals surface area contributed by atoms with Crippen molar-refractivity contribution in [2.45, 2.75) is 30.9 Å². The molecule has 4 heteroatoms. The van der Waals surface area contributed by atoms with Gasteiger partial charge in [0.25, 0.3) is 0 Å². The lowest BCUT2D eigenvalue weighted by Crippen LogP contribution is -2.49. The fourth-order valence-electron chi connectivity index (χ4n) is 3.38. The van der Waals surface area contributed by atoms with E-state index in [0.717, 1.165) is 17.5 Å². The Balaban J connectivity index is 2.06. The summed E-state index contributed by atoms with van der Waals surface area (Å²) in [6.45, 7) is 0.599. The van der Waals surface area contributed by atoms with Gasteiger partial charge in [-0.3, -0.25) is 5.01 Å². The lowest BCUT2D eigenvalue weighted by Gasteiger charge is -2.40. The number of benzene rings is 2. The van der Waals surface area contributed by atoms with E-state index in [9.17, 15) is 10.0 Å². The van der Waals surface area contributed by atoms with Crippen molar-refractivity contribution in [3.63, 3.8) is 0 Å². The van der Waals surface area contributed by atoms with Crippen LogP contribution in [0.4, 0.5) is 0 Å². The van der Waals surface area contributed by atoms with Crippen molar-refractivity contribution in [1.29, 1.82) is 0 Å². The zero-order valence-corrected chi connectivity index (χ0v) is 12.4. The zero-order chi connectivity index (χ0) is 15.4. The molecule has 0 aromatic heterocycles. The summed E-state index contributed by atoms with van der Waals surface area (Å²) >= 11 is 0. The van der Waals surface area contributed by atoms with Crippen LogP contribution >= 0.6 is 0 Å². The van der Waals surface area contributed by atoms with Gasteiger partial charge in [0.2, 0.25) is 0 Å². The molecule has 1 fully saturated rings. The maximum atomic E-state index is 11.2. The van der Waals surface area contributed by atoms with Crippen LogP contribution in [0.2, 0.25) is 0 Å². The summed E-state index contributed by atoms with van der Waals surface area (Å²) in [6.07, 6.45) is 0.934. The number of hydrogen-bond acceptors (Lipinski definition) is 3. The average molecular weight is 296 g/mol. The van der Waals surface area contributed by atoms with Crippen LogP contribution in [0.1, 0.15) is 29.9 Å². The summed E-state index contributed by atoms with van der Waals surface area (Å²) in [5.41, 5.74) is 2.18. The first-order valence-electron chi connectivity index (χ1n) is 7.69. The molecule has 2 aromatic carbocycles. The van der Waals surface area contributed by atoms with Crippen LogP contribution in [0.5, 0.6) is 0 Å². The lowest BCUT2D eigenvalue weighted by atomic mass is 9.80. The van der Waals surface area contributed by atoms with Crippen molar-refractivity contribution in [1.82, 2.24) is 5.01 Å². The molecular weight excluding hydrogens is 276 g/mol. The average Bonchev–Trinajstić information content (AvgIpc) is 2.58. The molecule has 0 saturated carbocycles. The van der Waals surface area contributed by atoms with E-state index in [-0.39, 0.29) is 12.0 Å². The summed E-state index contributed by atoms with van der Waals surface area (Å²) < 4.78 is 0. The van der Waals surface area contributed by atoms with Crippen LogP contribution in [0.25, 0.3) is 0 Å². The second-order valence-electron chi connectivity index (χ2n) is 5.74. The molecule has 0 spiro atoms. The van der Waals surface area contributed by atoms with Gasteiger partial charge in [0.15, 0.2) is 0 Å². The molecular formula is C18H20N2O2. The maximum Gasteiger partial charge on any atom is 0.0870 e. The predicted octanol–water partition coefficient (Wildman–Crippen LogP) is 3.33. The number of aliphatic hydroxyl groups is 1. The van der Waals surface area contributed by atoms with Gasteiger partial charge in [0.05, 0.1) is 17.4 Å². The third kappa shape index (κ3) is 2.88. The minimum absolute atomic E-state index is 0.0737. The van der Waals surface area contributed by atoms with Crippen LogP contribution in [-0.4, -0.2) is 28.8 Å². The molecule has 0 bridgehead atoms. The number of aliphatic hydroxyl groups excluding tert-OH is 1. The van der Waals surface area contributed by atoms with Gasteiger partial charge < -0.3 is 5.11 Å². The van der Waals surface area contributed by atoms with E-state index < -0.39 is 6.10 Å². The summed E-state index contributed by atoms with van der Waals surface area (Å²) in [5.74, 6) is -0.0737. The van der Waals surface area contributed by atoms with Crippen molar-refractivity contribution in [3.8, 4) is 0 Å². The van der Waals surface area contributed by atoms with Crippen LogP contribution in [0, 0.1) is 4.91 Å². The zero-order valence-electron chi connectivity index (χ0n) is 12.4.